The van der Waals surface area contributed by atoms with E-state index in [1.54, 1.807) is 12.1 Å². The van der Waals surface area contributed by atoms with Crippen LogP contribution < -0.4 is 11.3 Å². The highest BCUT2D eigenvalue weighted by Gasteiger charge is 2.13. The molecule has 0 spiro atoms. The SMILES string of the molecule is NNC(Cc1cc(Br)ccc1F)c1ccc(Br)cc1. The van der Waals surface area contributed by atoms with E-state index < -0.39 is 0 Å². The van der Waals surface area contributed by atoms with Crippen molar-refractivity contribution in [2.45, 2.75) is 12.5 Å². The fourth-order valence-corrected chi connectivity index (χ4v) is 2.56. The summed E-state index contributed by atoms with van der Waals surface area (Å²) in [5.74, 6) is 5.36. The Kier molecular flexibility index (Phi) is 5.10. The predicted octanol–water partition coefficient (Wildman–Crippen LogP) is 4.10. The van der Waals surface area contributed by atoms with Gasteiger partial charge in [-0.2, -0.15) is 0 Å². The van der Waals surface area contributed by atoms with Crippen molar-refractivity contribution in [3.05, 3.63) is 68.4 Å². The zero-order valence-electron chi connectivity index (χ0n) is 10.0. The predicted molar refractivity (Wildman–Crippen MR) is 82.0 cm³/mol. The molecule has 0 saturated heterocycles. The summed E-state index contributed by atoms with van der Waals surface area (Å²) >= 11 is 6.74. The molecule has 1 unspecified atom stereocenters. The van der Waals surface area contributed by atoms with Crippen LogP contribution >= 0.6 is 31.9 Å². The summed E-state index contributed by atoms with van der Waals surface area (Å²) in [7, 11) is 0. The van der Waals surface area contributed by atoms with Crippen molar-refractivity contribution in [1.29, 1.82) is 0 Å². The summed E-state index contributed by atoms with van der Waals surface area (Å²) in [6.45, 7) is 0. The van der Waals surface area contributed by atoms with Crippen molar-refractivity contribution in [2.24, 2.45) is 5.84 Å². The zero-order chi connectivity index (χ0) is 13.8. The van der Waals surface area contributed by atoms with Crippen LogP contribution in [0.5, 0.6) is 0 Å². The van der Waals surface area contributed by atoms with Gasteiger partial charge in [0.2, 0.25) is 0 Å². The van der Waals surface area contributed by atoms with E-state index in [0.717, 1.165) is 14.5 Å². The maximum absolute atomic E-state index is 13.7. The van der Waals surface area contributed by atoms with Gasteiger partial charge in [-0.05, 0) is 47.9 Å². The molecule has 2 nitrogen and oxygen atoms in total. The van der Waals surface area contributed by atoms with Crippen LogP contribution in [0.15, 0.2) is 51.4 Å². The lowest BCUT2D eigenvalue weighted by Gasteiger charge is -2.17. The molecule has 2 aromatic rings. The molecule has 0 fully saturated rings. The number of nitrogens with one attached hydrogen (secondary N) is 1. The quantitative estimate of drug-likeness (QED) is 0.612. The van der Waals surface area contributed by atoms with Crippen LogP contribution in [0.1, 0.15) is 17.2 Å². The number of benzene rings is 2. The van der Waals surface area contributed by atoms with Crippen molar-refractivity contribution in [2.75, 3.05) is 0 Å². The monoisotopic (exact) mass is 386 g/mol. The first-order valence-corrected chi connectivity index (χ1v) is 7.34. The second-order valence-electron chi connectivity index (χ2n) is 4.21. The van der Waals surface area contributed by atoms with Gasteiger partial charge in [0.05, 0.1) is 6.04 Å². The number of hydrazine groups is 1. The number of hydrogen-bond acceptors (Lipinski definition) is 2. The highest BCUT2D eigenvalue weighted by molar-refractivity contribution is 9.10. The molecule has 0 saturated carbocycles. The first kappa shape index (κ1) is 14.7. The van der Waals surface area contributed by atoms with Gasteiger partial charge in [0.1, 0.15) is 5.82 Å². The Morgan fingerprint density at radius 2 is 1.68 bits per heavy atom. The molecule has 100 valence electrons. The van der Waals surface area contributed by atoms with E-state index >= 15 is 0 Å². The Labute approximate surface area is 128 Å². The maximum atomic E-state index is 13.7. The summed E-state index contributed by atoms with van der Waals surface area (Å²) in [6, 6.07) is 12.6. The van der Waals surface area contributed by atoms with Crippen LogP contribution in [0, 0.1) is 5.82 Å². The van der Waals surface area contributed by atoms with E-state index in [0.29, 0.717) is 12.0 Å². The highest BCUT2D eigenvalue weighted by Crippen LogP contribution is 2.23. The molecule has 0 amide bonds. The van der Waals surface area contributed by atoms with E-state index in [-0.39, 0.29) is 11.9 Å². The van der Waals surface area contributed by atoms with Gasteiger partial charge in [0.25, 0.3) is 0 Å². The van der Waals surface area contributed by atoms with Crippen LogP contribution in [0.2, 0.25) is 0 Å². The van der Waals surface area contributed by atoms with Gasteiger partial charge in [-0.1, -0.05) is 44.0 Å². The van der Waals surface area contributed by atoms with Gasteiger partial charge in [0, 0.05) is 8.95 Å². The van der Waals surface area contributed by atoms with Gasteiger partial charge in [0.15, 0.2) is 0 Å². The molecule has 1 atom stereocenters. The van der Waals surface area contributed by atoms with Crippen LogP contribution in [0.4, 0.5) is 4.39 Å². The first-order valence-electron chi connectivity index (χ1n) is 5.75. The van der Waals surface area contributed by atoms with Crippen molar-refractivity contribution in [3.63, 3.8) is 0 Å². The molecule has 5 heteroatoms. The first-order chi connectivity index (χ1) is 9.10. The molecule has 0 aliphatic rings. The molecule has 19 heavy (non-hydrogen) atoms. The summed E-state index contributed by atoms with van der Waals surface area (Å²) in [5, 5.41) is 0. The third-order valence-corrected chi connectivity index (χ3v) is 3.93. The minimum Gasteiger partial charge on any atom is -0.271 e. The molecule has 0 aliphatic carbocycles. The normalized spacial score (nSPS) is 12.4. The molecule has 2 aromatic carbocycles. The average Bonchev–Trinajstić information content (AvgIpc) is 2.41. The Hall–Kier alpha value is -0.750. The summed E-state index contributed by atoms with van der Waals surface area (Å²) in [5.41, 5.74) is 4.38. The zero-order valence-corrected chi connectivity index (χ0v) is 13.2. The van der Waals surface area contributed by atoms with Crippen LogP contribution in [-0.4, -0.2) is 0 Å². The number of halogens is 3. The van der Waals surface area contributed by atoms with Crippen molar-refractivity contribution in [3.8, 4) is 0 Å². The molecule has 0 radical (unpaired) electrons. The largest absolute Gasteiger partial charge is 0.271 e. The Balaban J connectivity index is 2.23. The minimum absolute atomic E-state index is 0.128. The summed E-state index contributed by atoms with van der Waals surface area (Å²) in [4.78, 5) is 0. The van der Waals surface area contributed by atoms with Crippen LogP contribution in [0.25, 0.3) is 0 Å². The van der Waals surface area contributed by atoms with Crippen molar-refractivity contribution < 1.29 is 4.39 Å². The topological polar surface area (TPSA) is 38.0 Å². The number of hydrogen-bond donors (Lipinski definition) is 2. The Morgan fingerprint density at radius 3 is 2.32 bits per heavy atom. The smallest absolute Gasteiger partial charge is 0.126 e. The molecule has 0 aliphatic heterocycles. The lowest BCUT2D eigenvalue weighted by Crippen LogP contribution is -2.29. The van der Waals surface area contributed by atoms with E-state index in [1.807, 2.05) is 24.3 Å². The lowest BCUT2D eigenvalue weighted by molar-refractivity contribution is 0.529. The molecule has 0 heterocycles. The van der Waals surface area contributed by atoms with E-state index in [4.69, 9.17) is 5.84 Å². The van der Waals surface area contributed by atoms with Crippen LogP contribution in [0.3, 0.4) is 0 Å². The van der Waals surface area contributed by atoms with Crippen molar-refractivity contribution >= 4 is 31.9 Å². The Bertz CT molecular complexity index is 558. The molecular weight excluding hydrogens is 375 g/mol. The van der Waals surface area contributed by atoms with Gasteiger partial charge in [-0.15, -0.1) is 0 Å². The highest BCUT2D eigenvalue weighted by atomic mass is 79.9. The number of nitrogens with two attached hydrogens (primary N) is 1. The molecule has 2 rings (SSSR count). The average molecular weight is 388 g/mol. The van der Waals surface area contributed by atoms with Gasteiger partial charge in [-0.3, -0.25) is 11.3 Å². The van der Waals surface area contributed by atoms with E-state index in [9.17, 15) is 4.39 Å². The lowest BCUT2D eigenvalue weighted by atomic mass is 9.99. The van der Waals surface area contributed by atoms with E-state index in [1.165, 1.54) is 6.07 Å². The van der Waals surface area contributed by atoms with Crippen molar-refractivity contribution in [1.82, 2.24) is 5.43 Å². The third kappa shape index (κ3) is 3.86. The summed E-state index contributed by atoms with van der Waals surface area (Å²) < 4.78 is 15.6. The van der Waals surface area contributed by atoms with Gasteiger partial charge >= 0.3 is 0 Å². The van der Waals surface area contributed by atoms with Crippen LogP contribution in [-0.2, 0) is 6.42 Å². The van der Waals surface area contributed by atoms with Gasteiger partial charge in [-0.25, -0.2) is 4.39 Å². The molecule has 0 aromatic heterocycles. The molecule has 0 bridgehead atoms. The second kappa shape index (κ2) is 6.61. The maximum Gasteiger partial charge on any atom is 0.126 e. The third-order valence-electron chi connectivity index (χ3n) is 2.91. The fourth-order valence-electron chi connectivity index (χ4n) is 1.89. The standard InChI is InChI=1S/C14H13Br2FN2/c15-11-3-1-9(2-4-11)14(19-18)8-10-7-12(16)5-6-13(10)17/h1-7,14,19H,8,18H2. The Morgan fingerprint density at radius 1 is 1.05 bits per heavy atom. The minimum atomic E-state index is -0.222. The molecular formula is C14H13Br2FN2. The second-order valence-corrected chi connectivity index (χ2v) is 6.04. The fraction of sp³-hybridized carbons (Fsp3) is 0.143. The van der Waals surface area contributed by atoms with Gasteiger partial charge < -0.3 is 0 Å². The summed E-state index contributed by atoms with van der Waals surface area (Å²) in [6.07, 6.45) is 0.489. The molecule has 3 N–H and O–H groups in total. The van der Waals surface area contributed by atoms with E-state index in [2.05, 4.69) is 37.3 Å². The number of rotatable bonds is 4.